The highest BCUT2D eigenvalue weighted by molar-refractivity contribution is 6.32. The van der Waals surface area contributed by atoms with E-state index in [2.05, 4.69) is 10.2 Å². The van der Waals surface area contributed by atoms with Crippen LogP contribution in [0.4, 0.5) is 0 Å². The van der Waals surface area contributed by atoms with E-state index in [0.29, 0.717) is 28.6 Å². The van der Waals surface area contributed by atoms with Gasteiger partial charge < -0.3 is 14.4 Å². The number of amides is 1. The first-order valence-electron chi connectivity index (χ1n) is 6.21. The fraction of sp³-hybridized carbons (Fsp3) is 0.286. The Bertz CT molecular complexity index is 629. The van der Waals surface area contributed by atoms with Crippen molar-refractivity contribution in [1.29, 1.82) is 0 Å². The Labute approximate surface area is 127 Å². The molecule has 2 aromatic rings. The molecule has 1 aromatic carbocycles. The molecule has 1 N–H and O–H groups in total. The Balaban J connectivity index is 2.24. The number of aromatic nitrogens is 2. The lowest BCUT2D eigenvalue weighted by molar-refractivity contribution is 0.0784. The molecule has 2 rings (SSSR count). The Hall–Kier alpha value is -2.21. The van der Waals surface area contributed by atoms with Crippen LogP contribution >= 0.6 is 11.6 Å². The molecule has 0 unspecified atom stereocenters. The van der Waals surface area contributed by atoms with Gasteiger partial charge >= 0.3 is 0 Å². The van der Waals surface area contributed by atoms with E-state index in [1.165, 1.54) is 14.2 Å². The van der Waals surface area contributed by atoms with E-state index in [9.17, 15) is 4.79 Å². The minimum Gasteiger partial charge on any atom is -0.493 e. The molecule has 0 fully saturated rings. The standard InChI is InChI=1S/C14H16ClN3O3/c1-18(8-9-6-16-17-7-9)14(19)10-4-11(15)13(21-3)12(5-10)20-2/h4-7H,8H2,1-3H3,(H,16,17). The quantitative estimate of drug-likeness (QED) is 0.920. The van der Waals surface area contributed by atoms with Crippen LogP contribution in [0.5, 0.6) is 11.5 Å². The van der Waals surface area contributed by atoms with Crippen LogP contribution in [0.1, 0.15) is 15.9 Å². The highest BCUT2D eigenvalue weighted by Gasteiger charge is 2.18. The number of ether oxygens (including phenoxy) is 2. The van der Waals surface area contributed by atoms with Gasteiger partial charge in [0.25, 0.3) is 5.91 Å². The number of aromatic amines is 1. The maximum atomic E-state index is 12.4. The summed E-state index contributed by atoms with van der Waals surface area (Å²) in [6, 6.07) is 3.18. The molecule has 0 spiro atoms. The molecule has 6 nitrogen and oxygen atoms in total. The molecule has 0 aliphatic heterocycles. The molecule has 0 atom stereocenters. The molecule has 0 aliphatic rings. The van der Waals surface area contributed by atoms with E-state index in [1.807, 2.05) is 0 Å². The van der Waals surface area contributed by atoms with Gasteiger partial charge in [0.05, 0.1) is 25.4 Å². The molecule has 0 bridgehead atoms. The van der Waals surface area contributed by atoms with Crippen molar-refractivity contribution in [2.75, 3.05) is 21.3 Å². The monoisotopic (exact) mass is 309 g/mol. The van der Waals surface area contributed by atoms with Crippen LogP contribution in [0.15, 0.2) is 24.5 Å². The van der Waals surface area contributed by atoms with Gasteiger partial charge in [0, 0.05) is 30.9 Å². The average Bonchev–Trinajstić information content (AvgIpc) is 2.98. The van der Waals surface area contributed by atoms with Gasteiger partial charge in [-0.15, -0.1) is 0 Å². The van der Waals surface area contributed by atoms with Crippen LogP contribution < -0.4 is 9.47 Å². The van der Waals surface area contributed by atoms with E-state index in [1.54, 1.807) is 36.5 Å². The highest BCUT2D eigenvalue weighted by atomic mass is 35.5. The first-order valence-corrected chi connectivity index (χ1v) is 6.59. The summed E-state index contributed by atoms with van der Waals surface area (Å²) < 4.78 is 10.4. The van der Waals surface area contributed by atoms with Crippen molar-refractivity contribution in [1.82, 2.24) is 15.1 Å². The Morgan fingerprint density at radius 3 is 2.71 bits per heavy atom. The first kappa shape index (κ1) is 15.2. The fourth-order valence-corrected chi connectivity index (χ4v) is 2.26. The second-order valence-electron chi connectivity index (χ2n) is 4.46. The van der Waals surface area contributed by atoms with Crippen molar-refractivity contribution in [2.45, 2.75) is 6.54 Å². The zero-order valence-electron chi connectivity index (χ0n) is 12.0. The molecule has 0 radical (unpaired) electrons. The molecule has 1 aromatic heterocycles. The third-order valence-electron chi connectivity index (χ3n) is 3.00. The van der Waals surface area contributed by atoms with Crippen molar-refractivity contribution in [3.05, 3.63) is 40.7 Å². The predicted octanol–water partition coefficient (Wildman–Crippen LogP) is 2.35. The normalized spacial score (nSPS) is 10.3. The van der Waals surface area contributed by atoms with Gasteiger partial charge in [0.15, 0.2) is 11.5 Å². The number of carbonyl (C=O) groups excluding carboxylic acids is 1. The predicted molar refractivity (Wildman–Crippen MR) is 78.9 cm³/mol. The summed E-state index contributed by atoms with van der Waals surface area (Å²) in [5, 5.41) is 6.89. The summed E-state index contributed by atoms with van der Waals surface area (Å²) in [5.41, 5.74) is 1.35. The molecule has 112 valence electrons. The molecule has 1 heterocycles. The van der Waals surface area contributed by atoms with Crippen LogP contribution in [0.25, 0.3) is 0 Å². The van der Waals surface area contributed by atoms with Crippen molar-refractivity contribution in [3.63, 3.8) is 0 Å². The van der Waals surface area contributed by atoms with Crippen LogP contribution in [0, 0.1) is 0 Å². The first-order chi connectivity index (χ1) is 10.1. The van der Waals surface area contributed by atoms with Gasteiger partial charge in [-0.05, 0) is 12.1 Å². The van der Waals surface area contributed by atoms with E-state index in [0.717, 1.165) is 5.56 Å². The van der Waals surface area contributed by atoms with E-state index in [-0.39, 0.29) is 5.91 Å². The van der Waals surface area contributed by atoms with E-state index < -0.39 is 0 Å². The zero-order valence-corrected chi connectivity index (χ0v) is 12.8. The number of benzene rings is 1. The number of halogens is 1. The van der Waals surface area contributed by atoms with Crippen molar-refractivity contribution in [3.8, 4) is 11.5 Å². The second-order valence-corrected chi connectivity index (χ2v) is 4.87. The number of carbonyl (C=O) groups is 1. The zero-order chi connectivity index (χ0) is 15.4. The Morgan fingerprint density at radius 2 is 2.14 bits per heavy atom. The van der Waals surface area contributed by atoms with Crippen molar-refractivity contribution >= 4 is 17.5 Å². The van der Waals surface area contributed by atoms with Gasteiger partial charge in [0.1, 0.15) is 0 Å². The molecule has 1 amide bonds. The lowest BCUT2D eigenvalue weighted by Gasteiger charge is -2.18. The van der Waals surface area contributed by atoms with E-state index in [4.69, 9.17) is 21.1 Å². The summed E-state index contributed by atoms with van der Waals surface area (Å²) in [6.07, 6.45) is 3.41. The number of H-pyrrole nitrogens is 1. The van der Waals surface area contributed by atoms with Gasteiger partial charge in [0.2, 0.25) is 0 Å². The minimum absolute atomic E-state index is 0.168. The lowest BCUT2D eigenvalue weighted by atomic mass is 10.1. The topological polar surface area (TPSA) is 67.5 Å². The number of hydrogen-bond acceptors (Lipinski definition) is 4. The van der Waals surface area contributed by atoms with Gasteiger partial charge in [-0.25, -0.2) is 0 Å². The van der Waals surface area contributed by atoms with Gasteiger partial charge in [-0.2, -0.15) is 5.10 Å². The number of nitrogens with zero attached hydrogens (tertiary/aromatic N) is 2. The fourth-order valence-electron chi connectivity index (χ4n) is 1.97. The van der Waals surface area contributed by atoms with Crippen LogP contribution in [0.3, 0.4) is 0 Å². The number of hydrogen-bond donors (Lipinski definition) is 1. The summed E-state index contributed by atoms with van der Waals surface area (Å²) in [5.74, 6) is 0.664. The molecule has 7 heteroatoms. The van der Waals surface area contributed by atoms with Gasteiger partial charge in [-0.3, -0.25) is 9.89 Å². The molecular weight excluding hydrogens is 294 g/mol. The smallest absolute Gasteiger partial charge is 0.254 e. The third kappa shape index (κ3) is 3.28. The average molecular weight is 310 g/mol. The Morgan fingerprint density at radius 1 is 1.38 bits per heavy atom. The largest absolute Gasteiger partial charge is 0.493 e. The number of rotatable bonds is 5. The van der Waals surface area contributed by atoms with Crippen molar-refractivity contribution in [2.24, 2.45) is 0 Å². The van der Waals surface area contributed by atoms with Crippen molar-refractivity contribution < 1.29 is 14.3 Å². The number of nitrogens with one attached hydrogen (secondary N) is 1. The minimum atomic E-state index is -0.168. The summed E-state index contributed by atoms with van der Waals surface area (Å²) in [4.78, 5) is 14.0. The summed E-state index contributed by atoms with van der Waals surface area (Å²) >= 11 is 6.11. The van der Waals surface area contributed by atoms with E-state index >= 15 is 0 Å². The maximum Gasteiger partial charge on any atom is 0.254 e. The van der Waals surface area contributed by atoms with Crippen LogP contribution in [-0.4, -0.2) is 42.3 Å². The maximum absolute atomic E-state index is 12.4. The SMILES string of the molecule is COc1cc(C(=O)N(C)Cc2cn[nH]c2)cc(Cl)c1OC. The second kappa shape index (κ2) is 6.49. The molecule has 0 saturated carbocycles. The lowest BCUT2D eigenvalue weighted by Crippen LogP contribution is -2.26. The highest BCUT2D eigenvalue weighted by Crippen LogP contribution is 2.36. The number of methoxy groups -OCH3 is 2. The Kier molecular flexibility index (Phi) is 4.70. The van der Waals surface area contributed by atoms with Gasteiger partial charge in [-0.1, -0.05) is 11.6 Å². The summed E-state index contributed by atoms with van der Waals surface area (Å²) in [7, 11) is 4.70. The van der Waals surface area contributed by atoms with Crippen LogP contribution in [-0.2, 0) is 6.54 Å². The molecule has 0 saturated heterocycles. The molecular formula is C14H16ClN3O3. The molecule has 0 aliphatic carbocycles. The van der Waals surface area contributed by atoms with Crippen LogP contribution in [0.2, 0.25) is 5.02 Å². The molecule has 21 heavy (non-hydrogen) atoms. The third-order valence-corrected chi connectivity index (χ3v) is 3.28. The summed E-state index contributed by atoms with van der Waals surface area (Å²) in [6.45, 7) is 0.446.